The molecule has 0 amide bonds. The van der Waals surface area contributed by atoms with Gasteiger partial charge in [-0.3, -0.25) is 4.79 Å². The van der Waals surface area contributed by atoms with Crippen LogP contribution >= 0.6 is 0 Å². The number of fused-ring (bicyclic) bond motifs is 1. The number of aliphatic hydroxyl groups excluding tert-OH is 1. The first kappa shape index (κ1) is 18.6. The zero-order valence-electron chi connectivity index (χ0n) is 15.8. The number of nitrogens with one attached hydrogen (secondary N) is 2. The Kier molecular flexibility index (Phi) is 5.66. The van der Waals surface area contributed by atoms with Crippen LogP contribution in [-0.4, -0.2) is 38.3 Å². The van der Waals surface area contributed by atoms with Crippen LogP contribution in [0.2, 0.25) is 0 Å². The highest BCUT2D eigenvalue weighted by atomic mass is 16.5. The lowest BCUT2D eigenvalue weighted by Crippen LogP contribution is -2.51. The van der Waals surface area contributed by atoms with Gasteiger partial charge in [0.25, 0.3) is 0 Å². The number of H-pyrrole nitrogens is 2. The van der Waals surface area contributed by atoms with E-state index in [4.69, 9.17) is 4.74 Å². The van der Waals surface area contributed by atoms with Crippen molar-refractivity contribution in [1.29, 1.82) is 0 Å². The van der Waals surface area contributed by atoms with Gasteiger partial charge >= 0.3 is 5.82 Å². The van der Waals surface area contributed by atoms with Gasteiger partial charge in [-0.25, -0.2) is 0 Å². The van der Waals surface area contributed by atoms with Crippen LogP contribution in [0.1, 0.15) is 50.4 Å². The zero-order chi connectivity index (χ0) is 19.3. The second-order valence-electron chi connectivity index (χ2n) is 7.38. The summed E-state index contributed by atoms with van der Waals surface area (Å²) in [7, 11) is 0. The second-order valence-corrected chi connectivity index (χ2v) is 7.38. The van der Waals surface area contributed by atoms with E-state index >= 15 is 0 Å². The fourth-order valence-corrected chi connectivity index (χ4v) is 3.86. The summed E-state index contributed by atoms with van der Waals surface area (Å²) in [6, 6.07) is 9.03. The molecular weight excluding hydrogens is 358 g/mol. The molecule has 0 bridgehead atoms. The summed E-state index contributed by atoms with van der Waals surface area (Å²) < 4.78 is 7.78. The van der Waals surface area contributed by atoms with Crippen molar-refractivity contribution >= 4 is 10.9 Å². The van der Waals surface area contributed by atoms with E-state index < -0.39 is 0 Å². The Morgan fingerprint density at radius 3 is 2.96 bits per heavy atom. The summed E-state index contributed by atoms with van der Waals surface area (Å²) in [6.07, 6.45) is 6.29. The lowest BCUT2D eigenvalue weighted by atomic mass is 9.92. The third-order valence-corrected chi connectivity index (χ3v) is 5.38. The Morgan fingerprint density at radius 1 is 1.18 bits per heavy atom. The van der Waals surface area contributed by atoms with Crippen molar-refractivity contribution in [3.63, 3.8) is 0 Å². The number of nitrogens with zero attached hydrogens (tertiary/aromatic N) is 3. The molecule has 1 aliphatic carbocycles. The van der Waals surface area contributed by atoms with Crippen molar-refractivity contribution in [2.45, 2.75) is 57.1 Å². The van der Waals surface area contributed by atoms with Gasteiger partial charge in [0.1, 0.15) is 16.9 Å². The molecule has 0 radical (unpaired) electrons. The van der Waals surface area contributed by atoms with Crippen molar-refractivity contribution in [3.05, 3.63) is 46.5 Å². The standard InChI is InChI=1S/C20H25N5O3/c26-18-6-2-1-5-17(18)25-19(22-23-24-25)7-3-4-12-28-15-9-10-16-14(13-15)8-11-20(27)21-16/h8-11,13,17-18,26H,1-7,12H2,(H,21,27)/p+1. The molecule has 0 saturated heterocycles. The molecule has 0 aliphatic heterocycles. The molecule has 4 rings (SSSR count). The van der Waals surface area contributed by atoms with Crippen LogP contribution < -0.4 is 15.0 Å². The van der Waals surface area contributed by atoms with Crippen LogP contribution in [0.4, 0.5) is 0 Å². The quantitative estimate of drug-likeness (QED) is 0.425. The number of benzene rings is 1. The maximum Gasteiger partial charge on any atom is 0.300 e. The van der Waals surface area contributed by atoms with Gasteiger partial charge in [0.05, 0.1) is 12.7 Å². The first-order valence-corrected chi connectivity index (χ1v) is 9.96. The molecule has 148 valence electrons. The monoisotopic (exact) mass is 384 g/mol. The van der Waals surface area contributed by atoms with Gasteiger partial charge in [0.2, 0.25) is 5.56 Å². The minimum Gasteiger partial charge on any atom is -0.494 e. The van der Waals surface area contributed by atoms with Gasteiger partial charge in [0, 0.05) is 23.4 Å². The van der Waals surface area contributed by atoms with Gasteiger partial charge in [-0.15, -0.1) is 0 Å². The Balaban J connectivity index is 1.27. The van der Waals surface area contributed by atoms with E-state index in [-0.39, 0.29) is 17.7 Å². The minimum absolute atomic E-state index is 0.0547. The van der Waals surface area contributed by atoms with Crippen molar-refractivity contribution in [2.75, 3.05) is 6.61 Å². The third-order valence-electron chi connectivity index (χ3n) is 5.38. The van der Waals surface area contributed by atoms with Gasteiger partial charge in [-0.05, 0) is 56.4 Å². The van der Waals surface area contributed by atoms with E-state index in [1.807, 2.05) is 22.9 Å². The normalized spacial score (nSPS) is 19.8. The fraction of sp³-hybridized carbons (Fsp3) is 0.500. The second kappa shape index (κ2) is 8.52. The Hall–Kier alpha value is -2.74. The number of ether oxygens (including phenoxy) is 1. The summed E-state index contributed by atoms with van der Waals surface area (Å²) in [4.78, 5) is 14.1. The van der Waals surface area contributed by atoms with Crippen molar-refractivity contribution in [2.24, 2.45) is 0 Å². The summed E-state index contributed by atoms with van der Waals surface area (Å²) in [5.74, 6) is 1.68. The highest BCUT2D eigenvalue weighted by Crippen LogP contribution is 2.24. The number of rotatable bonds is 7. The Morgan fingerprint density at radius 2 is 2.07 bits per heavy atom. The Bertz CT molecular complexity index is 983. The van der Waals surface area contributed by atoms with E-state index in [9.17, 15) is 9.90 Å². The van der Waals surface area contributed by atoms with E-state index in [2.05, 4.69) is 20.5 Å². The minimum atomic E-state index is -0.328. The van der Waals surface area contributed by atoms with Gasteiger partial charge in [-0.2, -0.15) is 4.68 Å². The lowest BCUT2D eigenvalue weighted by Gasteiger charge is -2.25. The summed E-state index contributed by atoms with van der Waals surface area (Å²) in [6.45, 7) is 0.610. The largest absolute Gasteiger partial charge is 0.494 e. The van der Waals surface area contributed by atoms with Crippen LogP contribution in [0.15, 0.2) is 35.1 Å². The topological polar surface area (TPSA) is 108 Å². The van der Waals surface area contributed by atoms with E-state index in [1.54, 1.807) is 6.07 Å². The number of hydrogen-bond donors (Lipinski definition) is 3. The molecule has 1 fully saturated rings. The highest BCUT2D eigenvalue weighted by Gasteiger charge is 2.31. The predicted octanol–water partition coefficient (Wildman–Crippen LogP) is 1.81. The number of unbranched alkanes of at least 4 members (excludes halogenated alkanes) is 1. The molecule has 8 nitrogen and oxygen atoms in total. The number of pyridine rings is 1. The third kappa shape index (κ3) is 4.22. The molecule has 2 aromatic heterocycles. The lowest BCUT2D eigenvalue weighted by molar-refractivity contribution is -0.791. The first-order chi connectivity index (χ1) is 13.7. The number of hydrogen-bond acceptors (Lipinski definition) is 5. The first-order valence-electron chi connectivity index (χ1n) is 9.96. The maximum atomic E-state index is 11.3. The molecule has 1 aromatic carbocycles. The van der Waals surface area contributed by atoms with Gasteiger partial charge in [0.15, 0.2) is 5.21 Å². The van der Waals surface area contributed by atoms with Crippen LogP contribution in [0.5, 0.6) is 5.75 Å². The van der Waals surface area contributed by atoms with E-state index in [0.717, 1.165) is 67.4 Å². The number of tetrazole rings is 1. The number of aromatic amines is 2. The van der Waals surface area contributed by atoms with Gasteiger partial charge in [-0.1, -0.05) is 11.6 Å². The molecule has 1 saturated carbocycles. The fourth-order valence-electron chi connectivity index (χ4n) is 3.86. The molecule has 1 aliphatic rings. The highest BCUT2D eigenvalue weighted by molar-refractivity contribution is 5.79. The molecule has 3 aromatic rings. The van der Waals surface area contributed by atoms with Crippen LogP contribution in [-0.2, 0) is 6.42 Å². The molecule has 3 N–H and O–H groups in total. The summed E-state index contributed by atoms with van der Waals surface area (Å²) in [5, 5.41) is 22.3. The van der Waals surface area contributed by atoms with Crippen molar-refractivity contribution in [1.82, 2.24) is 20.5 Å². The van der Waals surface area contributed by atoms with Crippen LogP contribution in [0, 0.1) is 0 Å². The van der Waals surface area contributed by atoms with E-state index in [0.29, 0.717) is 6.61 Å². The number of aromatic nitrogens is 5. The number of aliphatic hydroxyl groups is 1. The molecule has 2 atom stereocenters. The van der Waals surface area contributed by atoms with E-state index in [1.165, 1.54) is 6.07 Å². The molecular formula is C20H26N5O3+. The van der Waals surface area contributed by atoms with Crippen LogP contribution in [0.3, 0.4) is 0 Å². The average Bonchev–Trinajstić information content (AvgIpc) is 3.16. The predicted molar refractivity (Wildman–Crippen MR) is 103 cm³/mol. The van der Waals surface area contributed by atoms with Gasteiger partial charge < -0.3 is 14.8 Å². The molecule has 2 heterocycles. The summed E-state index contributed by atoms with van der Waals surface area (Å²) in [5.41, 5.74) is 0.701. The molecule has 28 heavy (non-hydrogen) atoms. The Labute approximate surface area is 162 Å². The molecule has 8 heteroatoms. The van der Waals surface area contributed by atoms with Crippen molar-refractivity contribution < 1.29 is 14.5 Å². The zero-order valence-corrected chi connectivity index (χ0v) is 15.8. The van der Waals surface area contributed by atoms with Crippen LogP contribution in [0.25, 0.3) is 10.9 Å². The van der Waals surface area contributed by atoms with Crippen molar-refractivity contribution in [3.8, 4) is 5.75 Å². The molecule has 2 unspecified atom stereocenters. The average molecular weight is 384 g/mol. The molecule has 0 spiro atoms. The smallest absolute Gasteiger partial charge is 0.300 e. The summed E-state index contributed by atoms with van der Waals surface area (Å²) >= 11 is 0. The SMILES string of the molecule is O=c1ccc2cc(OCCCCc3nn[nH][n+]3C3CCCCC3O)ccc2[nH]1. The maximum absolute atomic E-state index is 11.3. The number of aryl methyl sites for hydroxylation is 1.